The number of piperidine rings is 1. The van der Waals surface area contributed by atoms with E-state index in [2.05, 4.69) is 6.92 Å². The fourth-order valence-corrected chi connectivity index (χ4v) is 2.34. The summed E-state index contributed by atoms with van der Waals surface area (Å²) in [6, 6.07) is 3.29. The van der Waals surface area contributed by atoms with Crippen LogP contribution in [0.2, 0.25) is 0 Å². The summed E-state index contributed by atoms with van der Waals surface area (Å²) in [6.45, 7) is 3.52. The predicted molar refractivity (Wildman–Crippen MR) is 67.4 cm³/mol. The van der Waals surface area contributed by atoms with E-state index in [0.29, 0.717) is 36.5 Å². The number of carbonyl (C=O) groups excluding carboxylic acids is 1. The molecule has 5 heteroatoms. The second-order valence-electron chi connectivity index (χ2n) is 5.06. The molecule has 0 N–H and O–H groups in total. The van der Waals surface area contributed by atoms with Gasteiger partial charge in [0.15, 0.2) is 6.29 Å². The number of hydrogen-bond acceptors (Lipinski definition) is 2. The van der Waals surface area contributed by atoms with Crippen LogP contribution < -0.4 is 4.90 Å². The molecule has 1 aromatic rings. The van der Waals surface area contributed by atoms with Crippen molar-refractivity contribution in [3.63, 3.8) is 0 Å². The minimum absolute atomic E-state index is 0.322. The highest BCUT2D eigenvalue weighted by Crippen LogP contribution is 2.34. The number of alkyl halides is 3. The van der Waals surface area contributed by atoms with Crippen LogP contribution in [0.3, 0.4) is 0 Å². The first-order valence-electron chi connectivity index (χ1n) is 6.33. The van der Waals surface area contributed by atoms with Gasteiger partial charge in [0.25, 0.3) is 0 Å². The first kappa shape index (κ1) is 13.9. The number of benzene rings is 1. The standard InChI is InChI=1S/C14H16F3NO/c1-10-4-6-18(7-5-10)13-8-12(14(15,16)17)3-2-11(13)9-19/h2-3,8-10H,4-7H2,1H3. The summed E-state index contributed by atoms with van der Waals surface area (Å²) in [7, 11) is 0. The summed E-state index contributed by atoms with van der Waals surface area (Å²) in [4.78, 5) is 12.9. The van der Waals surface area contributed by atoms with Crippen LogP contribution in [0.1, 0.15) is 35.7 Å². The van der Waals surface area contributed by atoms with E-state index in [1.54, 1.807) is 0 Å². The molecule has 2 nitrogen and oxygen atoms in total. The van der Waals surface area contributed by atoms with Gasteiger partial charge in [-0.1, -0.05) is 6.92 Å². The Morgan fingerprint density at radius 2 is 1.89 bits per heavy atom. The molecule has 0 saturated carbocycles. The highest BCUT2D eigenvalue weighted by molar-refractivity contribution is 5.85. The van der Waals surface area contributed by atoms with Crippen LogP contribution in [0.15, 0.2) is 18.2 Å². The van der Waals surface area contributed by atoms with E-state index in [1.807, 2.05) is 4.90 Å². The number of aldehydes is 1. The maximum absolute atomic E-state index is 12.7. The van der Waals surface area contributed by atoms with Crippen molar-refractivity contribution >= 4 is 12.0 Å². The minimum atomic E-state index is -4.38. The van der Waals surface area contributed by atoms with Crippen molar-refractivity contribution in [1.82, 2.24) is 0 Å². The third-order valence-corrected chi connectivity index (χ3v) is 3.61. The van der Waals surface area contributed by atoms with Crippen molar-refractivity contribution in [2.45, 2.75) is 25.9 Å². The van der Waals surface area contributed by atoms with Crippen molar-refractivity contribution in [2.75, 3.05) is 18.0 Å². The van der Waals surface area contributed by atoms with Gasteiger partial charge in [0.05, 0.1) is 5.56 Å². The van der Waals surface area contributed by atoms with Gasteiger partial charge >= 0.3 is 6.18 Å². The van der Waals surface area contributed by atoms with Crippen LogP contribution in [0.4, 0.5) is 18.9 Å². The third kappa shape index (κ3) is 3.08. The van der Waals surface area contributed by atoms with E-state index >= 15 is 0 Å². The number of nitrogens with zero attached hydrogens (tertiary/aromatic N) is 1. The van der Waals surface area contributed by atoms with Gasteiger partial charge in [-0.2, -0.15) is 13.2 Å². The monoisotopic (exact) mass is 271 g/mol. The Labute approximate surface area is 110 Å². The van der Waals surface area contributed by atoms with Crippen molar-refractivity contribution in [2.24, 2.45) is 5.92 Å². The van der Waals surface area contributed by atoms with Gasteiger partial charge in [-0.15, -0.1) is 0 Å². The van der Waals surface area contributed by atoms with Crippen LogP contribution >= 0.6 is 0 Å². The van der Waals surface area contributed by atoms with Crippen molar-refractivity contribution in [3.05, 3.63) is 29.3 Å². The number of halogens is 3. The molecule has 0 aliphatic carbocycles. The number of carbonyl (C=O) groups is 1. The van der Waals surface area contributed by atoms with E-state index < -0.39 is 11.7 Å². The summed E-state index contributed by atoms with van der Waals surface area (Å²) in [5, 5.41) is 0. The van der Waals surface area contributed by atoms with Gasteiger partial charge in [-0.25, -0.2) is 0 Å². The van der Waals surface area contributed by atoms with Gasteiger partial charge in [0.1, 0.15) is 0 Å². The average molecular weight is 271 g/mol. The normalized spacial score (nSPS) is 17.6. The Morgan fingerprint density at radius 1 is 1.26 bits per heavy atom. The zero-order valence-electron chi connectivity index (χ0n) is 10.7. The Hall–Kier alpha value is -1.52. The zero-order valence-corrected chi connectivity index (χ0v) is 10.7. The lowest BCUT2D eigenvalue weighted by Gasteiger charge is -2.33. The summed E-state index contributed by atoms with van der Waals surface area (Å²) in [5.74, 6) is 0.585. The molecule has 1 heterocycles. The Balaban J connectivity index is 2.34. The third-order valence-electron chi connectivity index (χ3n) is 3.61. The smallest absolute Gasteiger partial charge is 0.371 e. The van der Waals surface area contributed by atoms with Crippen LogP contribution in [0.25, 0.3) is 0 Å². The molecule has 0 amide bonds. The molecule has 0 bridgehead atoms. The lowest BCUT2D eigenvalue weighted by molar-refractivity contribution is -0.137. The van der Waals surface area contributed by atoms with E-state index in [1.165, 1.54) is 6.07 Å². The van der Waals surface area contributed by atoms with Crippen LogP contribution in [0, 0.1) is 5.92 Å². The summed E-state index contributed by atoms with van der Waals surface area (Å²) in [5.41, 5.74) is 0.0194. The molecular formula is C14H16F3NO. The SMILES string of the molecule is CC1CCN(c2cc(C(F)(F)F)ccc2C=O)CC1. The molecule has 1 fully saturated rings. The number of anilines is 1. The molecule has 1 aliphatic rings. The van der Waals surface area contributed by atoms with Gasteiger partial charge in [0.2, 0.25) is 0 Å². The molecular weight excluding hydrogens is 255 g/mol. The van der Waals surface area contributed by atoms with Crippen LogP contribution in [-0.4, -0.2) is 19.4 Å². The van der Waals surface area contributed by atoms with Crippen LogP contribution in [0.5, 0.6) is 0 Å². The molecule has 1 saturated heterocycles. The molecule has 104 valence electrons. The average Bonchev–Trinajstić information content (AvgIpc) is 2.38. The molecule has 0 unspecified atom stereocenters. The van der Waals surface area contributed by atoms with E-state index in [0.717, 1.165) is 25.0 Å². The Bertz CT molecular complexity index is 462. The zero-order chi connectivity index (χ0) is 14.0. The molecule has 2 rings (SSSR count). The maximum Gasteiger partial charge on any atom is 0.416 e. The predicted octanol–water partition coefficient (Wildman–Crippen LogP) is 3.75. The lowest BCUT2D eigenvalue weighted by Crippen LogP contribution is -2.33. The molecule has 0 aromatic heterocycles. The summed E-state index contributed by atoms with van der Waals surface area (Å²) < 4.78 is 38.2. The fraction of sp³-hybridized carbons (Fsp3) is 0.500. The molecule has 1 aliphatic heterocycles. The quantitative estimate of drug-likeness (QED) is 0.763. The Kier molecular flexibility index (Phi) is 3.83. The number of rotatable bonds is 2. The molecule has 0 atom stereocenters. The molecule has 0 spiro atoms. The molecule has 1 aromatic carbocycles. The molecule has 19 heavy (non-hydrogen) atoms. The maximum atomic E-state index is 12.7. The molecule has 0 radical (unpaired) electrons. The Morgan fingerprint density at radius 3 is 2.42 bits per heavy atom. The fourth-order valence-electron chi connectivity index (χ4n) is 2.34. The van der Waals surface area contributed by atoms with Crippen molar-refractivity contribution < 1.29 is 18.0 Å². The first-order chi connectivity index (χ1) is 8.91. The number of hydrogen-bond donors (Lipinski definition) is 0. The van der Waals surface area contributed by atoms with E-state index in [4.69, 9.17) is 0 Å². The first-order valence-corrected chi connectivity index (χ1v) is 6.33. The van der Waals surface area contributed by atoms with Crippen molar-refractivity contribution in [3.8, 4) is 0 Å². The lowest BCUT2D eigenvalue weighted by atomic mass is 9.97. The summed E-state index contributed by atoms with van der Waals surface area (Å²) >= 11 is 0. The highest BCUT2D eigenvalue weighted by atomic mass is 19.4. The highest BCUT2D eigenvalue weighted by Gasteiger charge is 2.32. The van der Waals surface area contributed by atoms with Gasteiger partial charge in [-0.05, 0) is 37.0 Å². The largest absolute Gasteiger partial charge is 0.416 e. The van der Waals surface area contributed by atoms with E-state index in [-0.39, 0.29) is 0 Å². The van der Waals surface area contributed by atoms with Gasteiger partial charge in [0, 0.05) is 24.3 Å². The van der Waals surface area contributed by atoms with Gasteiger partial charge < -0.3 is 4.90 Å². The topological polar surface area (TPSA) is 20.3 Å². The summed E-state index contributed by atoms with van der Waals surface area (Å²) in [6.07, 6.45) is -1.88. The van der Waals surface area contributed by atoms with Gasteiger partial charge in [-0.3, -0.25) is 4.79 Å². The minimum Gasteiger partial charge on any atom is -0.371 e. The van der Waals surface area contributed by atoms with Crippen molar-refractivity contribution in [1.29, 1.82) is 0 Å². The second-order valence-corrected chi connectivity index (χ2v) is 5.06. The van der Waals surface area contributed by atoms with Crippen LogP contribution in [-0.2, 0) is 6.18 Å². The second kappa shape index (κ2) is 5.23. The van der Waals surface area contributed by atoms with E-state index in [9.17, 15) is 18.0 Å².